The van der Waals surface area contributed by atoms with Gasteiger partial charge in [-0.3, -0.25) is 4.79 Å². The fourth-order valence-electron chi connectivity index (χ4n) is 1.69. The van der Waals surface area contributed by atoms with Gasteiger partial charge in [0, 0.05) is 16.3 Å². The minimum Gasteiger partial charge on any atom is -0.301 e. The van der Waals surface area contributed by atoms with Crippen LogP contribution in [0.15, 0.2) is 11.2 Å². The molecule has 0 bridgehead atoms. The van der Waals surface area contributed by atoms with Crippen molar-refractivity contribution in [1.29, 1.82) is 0 Å². The van der Waals surface area contributed by atoms with E-state index in [-0.39, 0.29) is 11.2 Å². The second kappa shape index (κ2) is 6.53. The van der Waals surface area contributed by atoms with Gasteiger partial charge in [-0.05, 0) is 40.7 Å². The maximum Gasteiger partial charge on any atom is 0.239 e. The number of hydrogen-bond donors (Lipinski definition) is 1. The lowest BCUT2D eigenvalue weighted by atomic mass is 10.4. The average Bonchev–Trinajstić information content (AvgIpc) is 2.66. The molecule has 0 fully saturated rings. The Hall–Kier alpha value is -1.47. The van der Waals surface area contributed by atoms with Gasteiger partial charge in [-0.1, -0.05) is 11.8 Å². The average molecular weight is 322 g/mol. The third kappa shape index (κ3) is 4.25. The summed E-state index contributed by atoms with van der Waals surface area (Å²) in [6.07, 6.45) is 0. The molecule has 5 nitrogen and oxygen atoms in total. The number of hydrogen-bond acceptors (Lipinski definition) is 6. The van der Waals surface area contributed by atoms with E-state index in [4.69, 9.17) is 0 Å². The summed E-state index contributed by atoms with van der Waals surface area (Å²) in [5.74, 6) is -0.0866. The molecular formula is C14H18N4OS2. The van der Waals surface area contributed by atoms with Crippen molar-refractivity contribution in [3.8, 4) is 0 Å². The first-order valence-corrected chi connectivity index (χ1v) is 8.28. The maximum absolute atomic E-state index is 12.2. The molecule has 21 heavy (non-hydrogen) atoms. The zero-order valence-electron chi connectivity index (χ0n) is 12.7. The van der Waals surface area contributed by atoms with Gasteiger partial charge in [-0.2, -0.15) is 0 Å². The lowest BCUT2D eigenvalue weighted by Crippen LogP contribution is -2.22. The quantitative estimate of drug-likeness (QED) is 0.691. The highest BCUT2D eigenvalue weighted by Crippen LogP contribution is 2.24. The highest BCUT2D eigenvalue weighted by molar-refractivity contribution is 8.00. The highest BCUT2D eigenvalue weighted by Gasteiger charge is 2.18. The number of aryl methyl sites for hydroxylation is 4. The minimum absolute atomic E-state index is 0.0866. The number of amides is 1. The van der Waals surface area contributed by atoms with Crippen LogP contribution in [0.25, 0.3) is 0 Å². The van der Waals surface area contributed by atoms with Gasteiger partial charge in [0.15, 0.2) is 10.3 Å². The summed E-state index contributed by atoms with van der Waals surface area (Å²) in [6, 6.07) is 1.91. The van der Waals surface area contributed by atoms with Gasteiger partial charge < -0.3 is 5.32 Å². The molecule has 7 heteroatoms. The predicted molar refractivity (Wildman–Crippen MR) is 87.0 cm³/mol. The lowest BCUT2D eigenvalue weighted by Gasteiger charge is -2.10. The first kappa shape index (κ1) is 15.9. The zero-order valence-corrected chi connectivity index (χ0v) is 14.4. The summed E-state index contributed by atoms with van der Waals surface area (Å²) < 4.78 is 0. The Morgan fingerprint density at radius 2 is 1.81 bits per heavy atom. The molecule has 1 N–H and O–H groups in total. The van der Waals surface area contributed by atoms with Gasteiger partial charge in [0.25, 0.3) is 0 Å². The van der Waals surface area contributed by atoms with Crippen molar-refractivity contribution < 1.29 is 4.79 Å². The van der Waals surface area contributed by atoms with E-state index >= 15 is 0 Å². The number of thiazole rings is 1. The molecule has 0 aromatic carbocycles. The van der Waals surface area contributed by atoms with Crippen molar-refractivity contribution >= 4 is 34.1 Å². The van der Waals surface area contributed by atoms with Gasteiger partial charge in [-0.25, -0.2) is 15.0 Å². The van der Waals surface area contributed by atoms with Gasteiger partial charge in [-0.15, -0.1) is 11.3 Å². The van der Waals surface area contributed by atoms with Gasteiger partial charge in [0.1, 0.15) is 0 Å². The number of thioether (sulfide) groups is 1. The molecule has 0 saturated carbocycles. The summed E-state index contributed by atoms with van der Waals surface area (Å²) in [5.41, 5.74) is 2.76. The molecular weight excluding hydrogens is 304 g/mol. The number of nitrogens with zero attached hydrogens (tertiary/aromatic N) is 3. The number of carbonyl (C=O) groups excluding carboxylic acids is 1. The molecule has 0 saturated heterocycles. The van der Waals surface area contributed by atoms with Crippen LogP contribution in [0.5, 0.6) is 0 Å². The molecule has 2 heterocycles. The molecule has 0 aliphatic heterocycles. The largest absolute Gasteiger partial charge is 0.301 e. The fourth-order valence-corrected chi connectivity index (χ4v) is 3.38. The number of aromatic nitrogens is 3. The SMILES string of the molecule is Cc1cc(C)nc(S[C@H](C)C(=O)Nc2nc(C)c(C)s2)n1. The summed E-state index contributed by atoms with van der Waals surface area (Å²) in [4.78, 5) is 26.3. The van der Waals surface area contributed by atoms with Crippen LogP contribution in [0.2, 0.25) is 0 Å². The van der Waals surface area contributed by atoms with Crippen LogP contribution >= 0.6 is 23.1 Å². The minimum atomic E-state index is -0.282. The van der Waals surface area contributed by atoms with Crippen LogP contribution < -0.4 is 5.32 Å². The van der Waals surface area contributed by atoms with Gasteiger partial charge in [0.2, 0.25) is 5.91 Å². The first-order valence-electron chi connectivity index (χ1n) is 6.59. The Bertz CT molecular complexity index is 629. The van der Waals surface area contributed by atoms with Crippen LogP contribution in [0.1, 0.15) is 28.9 Å². The third-order valence-electron chi connectivity index (χ3n) is 2.87. The Labute approximate surface area is 132 Å². The van der Waals surface area contributed by atoms with E-state index in [1.54, 1.807) is 0 Å². The summed E-state index contributed by atoms with van der Waals surface area (Å²) in [6.45, 7) is 9.61. The van der Waals surface area contributed by atoms with E-state index in [0.717, 1.165) is 22.0 Å². The van der Waals surface area contributed by atoms with Crippen LogP contribution in [-0.4, -0.2) is 26.1 Å². The molecule has 0 radical (unpaired) electrons. The second-order valence-corrected chi connectivity index (χ2v) is 7.35. The molecule has 112 valence electrons. The number of rotatable bonds is 4. The molecule has 0 spiro atoms. The van der Waals surface area contributed by atoms with Gasteiger partial charge in [0.05, 0.1) is 10.9 Å². The number of nitrogens with one attached hydrogen (secondary N) is 1. The monoisotopic (exact) mass is 322 g/mol. The highest BCUT2D eigenvalue weighted by atomic mass is 32.2. The van der Waals surface area contributed by atoms with Crippen LogP contribution in [-0.2, 0) is 4.79 Å². The van der Waals surface area contributed by atoms with Crippen molar-refractivity contribution in [2.45, 2.75) is 45.0 Å². The van der Waals surface area contributed by atoms with E-state index in [2.05, 4.69) is 20.3 Å². The van der Waals surface area contributed by atoms with Crippen molar-refractivity contribution in [3.63, 3.8) is 0 Å². The molecule has 2 aromatic rings. The maximum atomic E-state index is 12.2. The molecule has 0 aliphatic rings. The smallest absolute Gasteiger partial charge is 0.239 e. The van der Waals surface area contributed by atoms with Crippen LogP contribution in [0.4, 0.5) is 5.13 Å². The van der Waals surface area contributed by atoms with E-state index in [0.29, 0.717) is 10.3 Å². The predicted octanol–water partition coefficient (Wildman–Crippen LogP) is 3.29. The van der Waals surface area contributed by atoms with Crippen LogP contribution in [0.3, 0.4) is 0 Å². The van der Waals surface area contributed by atoms with Crippen LogP contribution in [0, 0.1) is 27.7 Å². The number of anilines is 1. The Kier molecular flexibility index (Phi) is 4.95. The number of carbonyl (C=O) groups is 1. The van der Waals surface area contributed by atoms with Gasteiger partial charge >= 0.3 is 0 Å². The Morgan fingerprint density at radius 3 is 2.33 bits per heavy atom. The molecule has 0 unspecified atom stereocenters. The Balaban J connectivity index is 2.02. The van der Waals surface area contributed by atoms with E-state index < -0.39 is 0 Å². The zero-order chi connectivity index (χ0) is 15.6. The lowest BCUT2D eigenvalue weighted by molar-refractivity contribution is -0.115. The molecule has 1 amide bonds. The fraction of sp³-hybridized carbons (Fsp3) is 0.429. The molecule has 2 rings (SSSR count). The second-order valence-electron chi connectivity index (χ2n) is 4.84. The summed E-state index contributed by atoms with van der Waals surface area (Å²) in [5, 5.41) is 3.83. The molecule has 2 aromatic heterocycles. The Morgan fingerprint density at radius 1 is 1.19 bits per heavy atom. The van der Waals surface area contributed by atoms with Crippen molar-refractivity contribution in [1.82, 2.24) is 15.0 Å². The summed E-state index contributed by atoms with van der Waals surface area (Å²) >= 11 is 2.84. The summed E-state index contributed by atoms with van der Waals surface area (Å²) in [7, 11) is 0. The normalized spacial score (nSPS) is 12.2. The topological polar surface area (TPSA) is 67.8 Å². The third-order valence-corrected chi connectivity index (χ3v) is 4.82. The van der Waals surface area contributed by atoms with Crippen molar-refractivity contribution in [3.05, 3.63) is 28.0 Å². The standard InChI is InChI=1S/C14H18N4OS2/c1-7-6-8(2)16-13(15-7)21-11(5)12(19)18-14-17-9(3)10(4)20-14/h6,11H,1-5H3,(H,17,18,19)/t11-/m1/s1. The molecule has 1 atom stereocenters. The van der Waals surface area contributed by atoms with Crippen molar-refractivity contribution in [2.75, 3.05) is 5.32 Å². The van der Waals surface area contributed by atoms with E-state index in [1.807, 2.05) is 40.7 Å². The van der Waals surface area contributed by atoms with E-state index in [9.17, 15) is 4.79 Å². The first-order chi connectivity index (χ1) is 9.85. The van der Waals surface area contributed by atoms with Crippen molar-refractivity contribution in [2.24, 2.45) is 0 Å². The molecule has 0 aliphatic carbocycles. The van der Waals surface area contributed by atoms with E-state index in [1.165, 1.54) is 23.1 Å².